The highest BCUT2D eigenvalue weighted by Crippen LogP contribution is 2.33. The molecule has 1 aromatic rings. The van der Waals surface area contributed by atoms with E-state index >= 15 is 0 Å². The van der Waals surface area contributed by atoms with E-state index in [1.807, 2.05) is 47.6 Å². The van der Waals surface area contributed by atoms with Crippen molar-refractivity contribution in [3.05, 3.63) is 35.9 Å². The molecule has 0 fully saturated rings. The van der Waals surface area contributed by atoms with Crippen LogP contribution in [0, 0.1) is 0 Å². The highest BCUT2D eigenvalue weighted by atomic mass is 28.4. The van der Waals surface area contributed by atoms with Crippen LogP contribution in [0.4, 0.5) is 0 Å². The summed E-state index contributed by atoms with van der Waals surface area (Å²) >= 11 is 0. The molecule has 0 aromatic heterocycles. The van der Waals surface area contributed by atoms with E-state index in [1.54, 1.807) is 0 Å². The zero-order chi connectivity index (χ0) is 25.3. The van der Waals surface area contributed by atoms with Gasteiger partial charge < -0.3 is 32.3 Å². The second-order valence-electron chi connectivity index (χ2n) is 8.19. The first-order valence-corrected chi connectivity index (χ1v) is 16.9. The lowest BCUT2D eigenvalue weighted by atomic mass is 9.83. The van der Waals surface area contributed by atoms with Crippen LogP contribution in [0.3, 0.4) is 0 Å². The van der Waals surface area contributed by atoms with E-state index in [-0.39, 0.29) is 0 Å². The Kier molecular flexibility index (Phi) is 15.6. The van der Waals surface area contributed by atoms with Gasteiger partial charge in [0.15, 0.2) is 0 Å². The average Bonchev–Trinajstić information content (AvgIpc) is 2.81. The zero-order valence-electron chi connectivity index (χ0n) is 22.4. The molecule has 0 heterocycles. The van der Waals surface area contributed by atoms with Gasteiger partial charge in [0.05, 0.1) is 0 Å². The van der Waals surface area contributed by atoms with Crippen LogP contribution in [0.5, 0.6) is 0 Å². The van der Waals surface area contributed by atoms with E-state index in [0.717, 1.165) is 43.3 Å². The molecular weight excluding hydrogens is 466 g/mol. The summed E-state index contributed by atoms with van der Waals surface area (Å²) in [5, 5.41) is 0. The molecule has 0 aliphatic rings. The molecule has 1 rings (SSSR count). The minimum Gasteiger partial charge on any atom is -0.374 e. The van der Waals surface area contributed by atoms with E-state index in [1.165, 1.54) is 0 Å². The van der Waals surface area contributed by atoms with Crippen molar-refractivity contribution in [3.8, 4) is 0 Å². The highest BCUT2D eigenvalue weighted by molar-refractivity contribution is 6.61. The number of hydrogen-bond acceptors (Lipinski definition) is 7. The van der Waals surface area contributed by atoms with Crippen molar-refractivity contribution >= 4 is 17.6 Å². The molecule has 7 nitrogen and oxygen atoms in total. The van der Waals surface area contributed by atoms with Gasteiger partial charge in [-0.15, -0.1) is 0 Å². The Bertz CT molecular complexity index is 571. The number of hydrogen-bond donors (Lipinski definition) is 1. The predicted octanol–water partition coefficient (Wildman–Crippen LogP) is 5.50. The van der Waals surface area contributed by atoms with Gasteiger partial charge in [-0.05, 0) is 72.8 Å². The predicted molar refractivity (Wildman–Crippen MR) is 142 cm³/mol. The SMILES string of the molecule is CCO[Si](CCCC(N)(CCC[Si](OCC)(OCC)OCC)c1ccccc1)(OCC)OCC. The van der Waals surface area contributed by atoms with Gasteiger partial charge in [0.25, 0.3) is 0 Å². The topological polar surface area (TPSA) is 81.4 Å². The summed E-state index contributed by atoms with van der Waals surface area (Å²) in [5.41, 5.74) is 7.77. The summed E-state index contributed by atoms with van der Waals surface area (Å²) in [6.45, 7) is 15.4. The quantitative estimate of drug-likeness (QED) is 0.217. The molecule has 0 bridgehead atoms. The molecule has 2 N–H and O–H groups in total. The third-order valence-electron chi connectivity index (χ3n) is 5.75. The monoisotopic (exact) mass is 515 g/mol. The molecule has 0 saturated heterocycles. The van der Waals surface area contributed by atoms with Crippen molar-refractivity contribution in [3.63, 3.8) is 0 Å². The first-order chi connectivity index (χ1) is 16.4. The van der Waals surface area contributed by atoms with Crippen LogP contribution in [-0.4, -0.2) is 57.3 Å². The van der Waals surface area contributed by atoms with E-state index in [9.17, 15) is 0 Å². The van der Waals surface area contributed by atoms with Gasteiger partial charge in [-0.25, -0.2) is 0 Å². The Morgan fingerprint density at radius 3 is 1.21 bits per heavy atom. The summed E-state index contributed by atoms with van der Waals surface area (Å²) in [5.74, 6) is 0. The van der Waals surface area contributed by atoms with Crippen LogP contribution in [-0.2, 0) is 32.1 Å². The maximum absolute atomic E-state index is 7.11. The largest absolute Gasteiger partial charge is 0.500 e. The van der Waals surface area contributed by atoms with Gasteiger partial charge in [-0.2, -0.15) is 0 Å². The van der Waals surface area contributed by atoms with Crippen LogP contribution in [0.1, 0.15) is 72.8 Å². The molecule has 0 unspecified atom stereocenters. The molecule has 0 atom stereocenters. The van der Waals surface area contributed by atoms with Crippen molar-refractivity contribution in [2.45, 2.75) is 84.9 Å². The molecule has 1 aromatic carbocycles. The standard InChI is InChI=1S/C25H49NO6Si2/c1-7-27-33(28-8-2,29-9-3)22-16-20-25(26,24-18-14-13-15-19-24)21-17-23-34(30-10-4,31-11-5)32-12-6/h13-15,18-19H,7-12,16-17,20-23,26H2,1-6H3. The normalized spacial score (nSPS) is 12.9. The van der Waals surface area contributed by atoms with Crippen LogP contribution in [0.25, 0.3) is 0 Å². The lowest BCUT2D eigenvalue weighted by Gasteiger charge is -2.34. The van der Waals surface area contributed by atoms with Crippen LogP contribution >= 0.6 is 0 Å². The lowest BCUT2D eigenvalue weighted by Crippen LogP contribution is -2.47. The summed E-state index contributed by atoms with van der Waals surface area (Å²) < 4.78 is 36.3. The van der Waals surface area contributed by atoms with Gasteiger partial charge in [-0.3, -0.25) is 0 Å². The Morgan fingerprint density at radius 1 is 0.588 bits per heavy atom. The maximum Gasteiger partial charge on any atom is 0.500 e. The molecule has 0 spiro atoms. The molecule has 0 aliphatic heterocycles. The molecule has 198 valence electrons. The zero-order valence-corrected chi connectivity index (χ0v) is 24.4. The summed E-state index contributed by atoms with van der Waals surface area (Å²) in [7, 11) is -5.40. The first kappa shape index (κ1) is 31.4. The highest BCUT2D eigenvalue weighted by Gasteiger charge is 2.42. The van der Waals surface area contributed by atoms with Gasteiger partial charge in [0.2, 0.25) is 0 Å². The van der Waals surface area contributed by atoms with Gasteiger partial charge in [-0.1, -0.05) is 30.3 Å². The first-order valence-electron chi connectivity index (χ1n) is 13.1. The van der Waals surface area contributed by atoms with Crippen LogP contribution in [0.2, 0.25) is 12.1 Å². The van der Waals surface area contributed by atoms with E-state index in [2.05, 4.69) is 24.3 Å². The molecular formula is C25H49NO6Si2. The lowest BCUT2D eigenvalue weighted by molar-refractivity contribution is 0.0699. The van der Waals surface area contributed by atoms with Crippen LogP contribution in [0.15, 0.2) is 30.3 Å². The van der Waals surface area contributed by atoms with Crippen molar-refractivity contribution < 1.29 is 26.6 Å². The van der Waals surface area contributed by atoms with Crippen molar-refractivity contribution in [1.82, 2.24) is 0 Å². The van der Waals surface area contributed by atoms with E-state index in [0.29, 0.717) is 39.6 Å². The fourth-order valence-electron chi connectivity index (χ4n) is 4.43. The second kappa shape index (κ2) is 16.9. The number of nitrogens with two attached hydrogens (primary N) is 1. The third-order valence-corrected chi connectivity index (χ3v) is 12.0. The van der Waals surface area contributed by atoms with Gasteiger partial charge >= 0.3 is 17.6 Å². The smallest absolute Gasteiger partial charge is 0.374 e. The van der Waals surface area contributed by atoms with E-state index in [4.69, 9.17) is 32.3 Å². The fraction of sp³-hybridized carbons (Fsp3) is 0.760. The Hall–Kier alpha value is -0.626. The Balaban J connectivity index is 2.97. The van der Waals surface area contributed by atoms with Crippen molar-refractivity contribution in [1.29, 1.82) is 0 Å². The minimum atomic E-state index is -2.70. The molecule has 34 heavy (non-hydrogen) atoms. The van der Waals surface area contributed by atoms with Gasteiger partial charge in [0, 0.05) is 57.3 Å². The average molecular weight is 516 g/mol. The maximum atomic E-state index is 7.11. The molecule has 0 aliphatic carbocycles. The van der Waals surface area contributed by atoms with Crippen molar-refractivity contribution in [2.24, 2.45) is 5.73 Å². The fourth-order valence-corrected chi connectivity index (χ4v) is 9.65. The van der Waals surface area contributed by atoms with Crippen molar-refractivity contribution in [2.75, 3.05) is 39.6 Å². The van der Waals surface area contributed by atoms with Crippen LogP contribution < -0.4 is 5.73 Å². The summed E-state index contributed by atoms with van der Waals surface area (Å²) in [6, 6.07) is 11.9. The number of benzene rings is 1. The van der Waals surface area contributed by atoms with E-state index < -0.39 is 23.1 Å². The number of rotatable bonds is 21. The summed E-state index contributed by atoms with van der Waals surface area (Å²) in [4.78, 5) is 0. The molecule has 9 heteroatoms. The summed E-state index contributed by atoms with van der Waals surface area (Å²) in [6.07, 6.45) is 3.35. The second-order valence-corrected chi connectivity index (χ2v) is 13.7. The third kappa shape index (κ3) is 10.2. The molecule has 0 radical (unpaired) electrons. The molecule has 0 amide bonds. The minimum absolute atomic E-state index is 0.475. The van der Waals surface area contributed by atoms with Gasteiger partial charge in [0.1, 0.15) is 0 Å². The molecule has 0 saturated carbocycles. The Labute approximate surface area is 210 Å². The Morgan fingerprint density at radius 2 is 0.912 bits per heavy atom.